The van der Waals surface area contributed by atoms with Crippen LogP contribution in [-0.4, -0.2) is 25.9 Å². The van der Waals surface area contributed by atoms with E-state index in [-0.39, 0.29) is 11.2 Å². The molecule has 0 saturated heterocycles. The highest BCUT2D eigenvalue weighted by Crippen LogP contribution is 2.30. The molecule has 5 nitrogen and oxygen atoms in total. The van der Waals surface area contributed by atoms with E-state index in [1.165, 1.54) is 17.3 Å². The van der Waals surface area contributed by atoms with Crippen molar-refractivity contribution < 1.29 is 4.79 Å². The summed E-state index contributed by atoms with van der Waals surface area (Å²) in [4.78, 5) is 12.8. The lowest BCUT2D eigenvalue weighted by Crippen LogP contribution is -2.25. The molecular formula is C23H28N4OS. The largest absolute Gasteiger partial charge is 0.325 e. The molecule has 0 aliphatic heterocycles. The zero-order valence-electron chi connectivity index (χ0n) is 17.4. The minimum Gasteiger partial charge on any atom is -0.325 e. The number of carbonyl (C=O) groups excluding carboxylic acids is 1. The Morgan fingerprint density at radius 3 is 2.52 bits per heavy atom. The van der Waals surface area contributed by atoms with Crippen molar-refractivity contribution in [1.82, 2.24) is 14.8 Å². The highest BCUT2D eigenvalue weighted by atomic mass is 32.2. The van der Waals surface area contributed by atoms with Crippen LogP contribution in [0.2, 0.25) is 0 Å². The average Bonchev–Trinajstić information content (AvgIpc) is 3.08. The molecule has 3 aromatic rings. The first-order chi connectivity index (χ1) is 14.0. The predicted octanol–water partition coefficient (Wildman–Crippen LogP) is 5.42. The van der Waals surface area contributed by atoms with E-state index in [2.05, 4.69) is 59.1 Å². The van der Waals surface area contributed by atoms with Crippen molar-refractivity contribution in [3.8, 4) is 11.4 Å². The van der Waals surface area contributed by atoms with Crippen LogP contribution < -0.4 is 5.32 Å². The third-order valence-electron chi connectivity index (χ3n) is 4.49. The van der Waals surface area contributed by atoms with E-state index in [4.69, 9.17) is 0 Å². The average molecular weight is 409 g/mol. The van der Waals surface area contributed by atoms with Crippen LogP contribution in [0.5, 0.6) is 0 Å². The highest BCUT2D eigenvalue weighted by Gasteiger charge is 2.23. The SMILES string of the molecule is CC[C@H](Sc1nnc(-c2cccc(C)c2)n1CC(C)C)C(=O)Nc1ccccc1. The number of aromatic nitrogens is 3. The van der Waals surface area contributed by atoms with E-state index in [1.807, 2.05) is 43.3 Å². The van der Waals surface area contributed by atoms with Crippen molar-refractivity contribution in [3.05, 3.63) is 60.2 Å². The normalized spacial score (nSPS) is 12.2. The van der Waals surface area contributed by atoms with Gasteiger partial charge in [-0.05, 0) is 37.5 Å². The number of anilines is 1. The Kier molecular flexibility index (Phi) is 7.09. The number of nitrogens with zero attached hydrogens (tertiary/aromatic N) is 3. The summed E-state index contributed by atoms with van der Waals surface area (Å²) in [5.41, 5.74) is 3.04. The summed E-state index contributed by atoms with van der Waals surface area (Å²) >= 11 is 1.48. The molecule has 0 saturated carbocycles. The van der Waals surface area contributed by atoms with E-state index in [9.17, 15) is 4.79 Å². The minimum atomic E-state index is -0.240. The van der Waals surface area contributed by atoms with E-state index in [0.29, 0.717) is 12.3 Å². The zero-order chi connectivity index (χ0) is 20.8. The standard InChI is InChI=1S/C23H28N4OS/c1-5-20(22(28)24-19-12-7-6-8-13-19)29-23-26-25-21(27(23)15-16(2)3)18-11-9-10-17(4)14-18/h6-14,16,20H,5,15H2,1-4H3,(H,24,28)/t20-/m0/s1. The first-order valence-corrected chi connectivity index (χ1v) is 10.9. The van der Waals surface area contributed by atoms with Crippen LogP contribution in [0.15, 0.2) is 59.8 Å². The van der Waals surface area contributed by atoms with E-state index in [0.717, 1.165) is 28.8 Å². The maximum absolute atomic E-state index is 12.8. The van der Waals surface area contributed by atoms with Crippen molar-refractivity contribution in [1.29, 1.82) is 0 Å². The van der Waals surface area contributed by atoms with Gasteiger partial charge in [-0.1, -0.05) is 74.5 Å². The van der Waals surface area contributed by atoms with Crippen LogP contribution in [0.3, 0.4) is 0 Å². The Morgan fingerprint density at radius 1 is 1.10 bits per heavy atom. The Bertz CT molecular complexity index is 953. The van der Waals surface area contributed by atoms with Gasteiger partial charge in [0.15, 0.2) is 11.0 Å². The van der Waals surface area contributed by atoms with Crippen molar-refractivity contribution in [2.75, 3.05) is 5.32 Å². The lowest BCUT2D eigenvalue weighted by atomic mass is 10.1. The first-order valence-electron chi connectivity index (χ1n) is 10.0. The summed E-state index contributed by atoms with van der Waals surface area (Å²) in [6.07, 6.45) is 0.706. The van der Waals surface area contributed by atoms with Gasteiger partial charge >= 0.3 is 0 Å². The Balaban J connectivity index is 1.85. The molecule has 0 bridgehead atoms. The molecule has 0 fully saturated rings. The van der Waals surface area contributed by atoms with E-state index in [1.54, 1.807) is 0 Å². The van der Waals surface area contributed by atoms with Crippen LogP contribution in [-0.2, 0) is 11.3 Å². The number of para-hydroxylation sites is 1. The molecule has 1 aromatic heterocycles. The summed E-state index contributed by atoms with van der Waals surface area (Å²) in [6.45, 7) is 9.24. The first kappa shape index (κ1) is 21.1. The number of aryl methyl sites for hydroxylation is 1. The molecule has 0 spiro atoms. The van der Waals surface area contributed by atoms with Gasteiger partial charge in [-0.2, -0.15) is 0 Å². The van der Waals surface area contributed by atoms with Crippen molar-refractivity contribution in [2.45, 2.75) is 51.1 Å². The number of rotatable bonds is 8. The van der Waals surface area contributed by atoms with Crippen LogP contribution in [0.4, 0.5) is 5.69 Å². The molecule has 1 amide bonds. The van der Waals surface area contributed by atoms with Crippen molar-refractivity contribution >= 4 is 23.4 Å². The van der Waals surface area contributed by atoms with Gasteiger partial charge in [0.1, 0.15) is 0 Å². The molecular weight excluding hydrogens is 380 g/mol. The molecule has 3 rings (SSSR count). The third-order valence-corrected chi connectivity index (χ3v) is 5.84. The fraction of sp³-hybridized carbons (Fsp3) is 0.348. The number of hydrogen-bond acceptors (Lipinski definition) is 4. The molecule has 1 heterocycles. The van der Waals surface area contributed by atoms with Crippen LogP contribution in [0.1, 0.15) is 32.8 Å². The van der Waals surface area contributed by atoms with Crippen LogP contribution >= 0.6 is 11.8 Å². The molecule has 0 radical (unpaired) electrons. The summed E-state index contributed by atoms with van der Waals surface area (Å²) < 4.78 is 2.14. The summed E-state index contributed by atoms with van der Waals surface area (Å²) in [5.74, 6) is 1.27. The second-order valence-electron chi connectivity index (χ2n) is 7.55. The molecule has 6 heteroatoms. The highest BCUT2D eigenvalue weighted by molar-refractivity contribution is 8.00. The van der Waals surface area contributed by atoms with Gasteiger partial charge in [-0.25, -0.2) is 0 Å². The van der Waals surface area contributed by atoms with Gasteiger partial charge in [-0.15, -0.1) is 10.2 Å². The molecule has 29 heavy (non-hydrogen) atoms. The van der Waals surface area contributed by atoms with Crippen LogP contribution in [0, 0.1) is 12.8 Å². The molecule has 2 aromatic carbocycles. The van der Waals surface area contributed by atoms with Crippen LogP contribution in [0.25, 0.3) is 11.4 Å². The monoisotopic (exact) mass is 408 g/mol. The Morgan fingerprint density at radius 2 is 1.86 bits per heavy atom. The van der Waals surface area contributed by atoms with Gasteiger partial charge in [0.2, 0.25) is 5.91 Å². The fourth-order valence-corrected chi connectivity index (χ4v) is 4.06. The minimum absolute atomic E-state index is 0.0140. The van der Waals surface area contributed by atoms with E-state index >= 15 is 0 Å². The van der Waals surface area contributed by atoms with Gasteiger partial charge in [0, 0.05) is 17.8 Å². The lowest BCUT2D eigenvalue weighted by molar-refractivity contribution is -0.115. The molecule has 0 aliphatic rings. The molecule has 1 N–H and O–H groups in total. The number of benzene rings is 2. The second kappa shape index (κ2) is 9.74. The molecule has 0 unspecified atom stereocenters. The zero-order valence-corrected chi connectivity index (χ0v) is 18.2. The predicted molar refractivity (Wildman–Crippen MR) is 120 cm³/mol. The fourth-order valence-electron chi connectivity index (χ4n) is 3.10. The molecule has 0 aliphatic carbocycles. The Hall–Kier alpha value is -2.60. The number of nitrogens with one attached hydrogen (secondary N) is 1. The summed E-state index contributed by atoms with van der Waals surface area (Å²) in [5, 5.41) is 12.5. The summed E-state index contributed by atoms with van der Waals surface area (Å²) in [6, 6.07) is 17.8. The molecule has 152 valence electrons. The quantitative estimate of drug-likeness (QED) is 0.506. The number of hydrogen-bond donors (Lipinski definition) is 1. The number of carbonyl (C=O) groups is 1. The Labute approximate surface area is 176 Å². The van der Waals surface area contributed by atoms with E-state index < -0.39 is 0 Å². The van der Waals surface area contributed by atoms with Crippen molar-refractivity contribution in [2.24, 2.45) is 5.92 Å². The third kappa shape index (κ3) is 5.48. The van der Waals surface area contributed by atoms with Gasteiger partial charge in [0.05, 0.1) is 5.25 Å². The van der Waals surface area contributed by atoms with Gasteiger partial charge < -0.3 is 9.88 Å². The summed E-state index contributed by atoms with van der Waals surface area (Å²) in [7, 11) is 0. The maximum Gasteiger partial charge on any atom is 0.237 e. The van der Waals surface area contributed by atoms with Gasteiger partial charge in [-0.3, -0.25) is 4.79 Å². The lowest BCUT2D eigenvalue weighted by Gasteiger charge is -2.17. The van der Waals surface area contributed by atoms with Crippen molar-refractivity contribution in [3.63, 3.8) is 0 Å². The maximum atomic E-state index is 12.8. The smallest absolute Gasteiger partial charge is 0.237 e. The molecule has 1 atom stereocenters. The number of thioether (sulfide) groups is 1. The second-order valence-corrected chi connectivity index (χ2v) is 8.72. The topological polar surface area (TPSA) is 59.8 Å². The van der Waals surface area contributed by atoms with Gasteiger partial charge in [0.25, 0.3) is 0 Å². The number of amides is 1.